The first-order chi connectivity index (χ1) is 12.9. The number of ether oxygens (including phenoxy) is 4. The number of carbonyl (C=O) groups excluding carboxylic acids is 1. The molecular formula is C22H28O5. The van der Waals surface area contributed by atoms with E-state index in [1.165, 1.54) is 6.08 Å². The van der Waals surface area contributed by atoms with Gasteiger partial charge in [-0.1, -0.05) is 19.1 Å². The van der Waals surface area contributed by atoms with E-state index in [1.54, 1.807) is 34.5 Å². The third kappa shape index (κ3) is 4.08. The topological polar surface area (TPSA) is 54.0 Å². The van der Waals surface area contributed by atoms with Crippen LogP contribution in [0.1, 0.15) is 18.9 Å². The van der Waals surface area contributed by atoms with Gasteiger partial charge in [0.1, 0.15) is 11.4 Å². The van der Waals surface area contributed by atoms with Crippen LogP contribution in [0.2, 0.25) is 0 Å². The normalized spacial score (nSPS) is 20.4. The fourth-order valence-corrected chi connectivity index (χ4v) is 3.52. The highest BCUT2D eigenvalue weighted by molar-refractivity contribution is 6.06. The van der Waals surface area contributed by atoms with Gasteiger partial charge >= 0.3 is 0 Å². The van der Waals surface area contributed by atoms with Crippen molar-refractivity contribution in [2.24, 2.45) is 5.92 Å². The molecule has 0 aliphatic heterocycles. The third-order valence-corrected chi connectivity index (χ3v) is 5.00. The second kappa shape index (κ2) is 8.91. The molecule has 0 aromatic heterocycles. The SMILES string of the molecule is C=CCC1=C[C@](OC)([C@H](C)Cc2ccc(OC)c(OC)c2)C(OC)=CC1=O. The Hall–Kier alpha value is -2.53. The number of rotatable bonds is 9. The smallest absolute Gasteiger partial charge is 0.185 e. The summed E-state index contributed by atoms with van der Waals surface area (Å²) < 4.78 is 22.2. The fourth-order valence-electron chi connectivity index (χ4n) is 3.52. The molecule has 1 aromatic rings. The average Bonchev–Trinajstić information content (AvgIpc) is 2.69. The number of benzene rings is 1. The van der Waals surface area contributed by atoms with Crippen molar-refractivity contribution < 1.29 is 23.7 Å². The summed E-state index contributed by atoms with van der Waals surface area (Å²) in [5.41, 5.74) is 0.906. The van der Waals surface area contributed by atoms with Gasteiger partial charge in [0.25, 0.3) is 0 Å². The minimum Gasteiger partial charge on any atom is -0.498 e. The molecule has 0 saturated heterocycles. The monoisotopic (exact) mass is 372 g/mol. The van der Waals surface area contributed by atoms with Crippen molar-refractivity contribution in [3.05, 3.63) is 59.9 Å². The molecule has 27 heavy (non-hydrogen) atoms. The second-order valence-corrected chi connectivity index (χ2v) is 6.53. The minimum atomic E-state index is -0.825. The molecule has 0 saturated carbocycles. The van der Waals surface area contributed by atoms with Crippen molar-refractivity contribution in [2.45, 2.75) is 25.4 Å². The average molecular weight is 372 g/mol. The van der Waals surface area contributed by atoms with E-state index < -0.39 is 5.60 Å². The highest BCUT2D eigenvalue weighted by Gasteiger charge is 2.43. The van der Waals surface area contributed by atoms with E-state index in [9.17, 15) is 4.79 Å². The number of hydrogen-bond acceptors (Lipinski definition) is 5. The van der Waals surface area contributed by atoms with Gasteiger partial charge in [0.15, 0.2) is 17.3 Å². The van der Waals surface area contributed by atoms with E-state index >= 15 is 0 Å². The maximum atomic E-state index is 12.3. The lowest BCUT2D eigenvalue weighted by molar-refractivity contribution is -0.112. The van der Waals surface area contributed by atoms with Crippen LogP contribution in [0.3, 0.4) is 0 Å². The summed E-state index contributed by atoms with van der Waals surface area (Å²) in [5.74, 6) is 1.80. The number of methoxy groups -OCH3 is 4. The van der Waals surface area contributed by atoms with Crippen molar-refractivity contribution in [1.82, 2.24) is 0 Å². The molecule has 2 atom stereocenters. The molecule has 0 unspecified atom stereocenters. The van der Waals surface area contributed by atoms with Gasteiger partial charge in [-0.05, 0) is 36.6 Å². The first kappa shape index (κ1) is 20.8. The number of ketones is 1. The van der Waals surface area contributed by atoms with Crippen LogP contribution < -0.4 is 9.47 Å². The molecule has 0 heterocycles. The Labute approximate surface area is 161 Å². The van der Waals surface area contributed by atoms with Crippen molar-refractivity contribution >= 4 is 5.78 Å². The van der Waals surface area contributed by atoms with Crippen molar-refractivity contribution in [3.8, 4) is 11.5 Å². The van der Waals surface area contributed by atoms with E-state index in [2.05, 4.69) is 13.5 Å². The first-order valence-electron chi connectivity index (χ1n) is 8.84. The van der Waals surface area contributed by atoms with Crippen LogP contribution >= 0.6 is 0 Å². The molecule has 0 fully saturated rings. The molecule has 0 radical (unpaired) electrons. The van der Waals surface area contributed by atoms with Gasteiger partial charge in [0.2, 0.25) is 0 Å². The van der Waals surface area contributed by atoms with E-state index in [0.717, 1.165) is 5.56 Å². The molecular weight excluding hydrogens is 344 g/mol. The van der Waals surface area contributed by atoms with Crippen molar-refractivity contribution in [1.29, 1.82) is 0 Å². The molecule has 0 N–H and O–H groups in total. The van der Waals surface area contributed by atoms with Gasteiger partial charge in [0.05, 0.1) is 21.3 Å². The van der Waals surface area contributed by atoms with Crippen LogP contribution in [-0.2, 0) is 20.7 Å². The summed E-state index contributed by atoms with van der Waals surface area (Å²) in [6.07, 6.45) is 6.30. The predicted molar refractivity (Wildman–Crippen MR) is 105 cm³/mol. The minimum absolute atomic E-state index is 0.000263. The molecule has 1 aromatic carbocycles. The largest absolute Gasteiger partial charge is 0.498 e. The van der Waals surface area contributed by atoms with Crippen LogP contribution in [0, 0.1) is 5.92 Å². The zero-order valence-corrected chi connectivity index (χ0v) is 16.7. The van der Waals surface area contributed by atoms with E-state index in [1.807, 2.05) is 24.3 Å². The van der Waals surface area contributed by atoms with Crippen molar-refractivity contribution in [2.75, 3.05) is 28.4 Å². The standard InChI is InChI=1S/C22H28O5/c1-7-8-17-14-22(27-6,21(26-5)13-18(17)23)15(2)11-16-9-10-19(24-3)20(12-16)25-4/h7,9-10,12-15H,1,8,11H2,2-6H3/t15-,22+/m1/s1. The predicted octanol–water partition coefficient (Wildman–Crippen LogP) is 3.88. The lowest BCUT2D eigenvalue weighted by Crippen LogP contribution is -2.43. The highest BCUT2D eigenvalue weighted by Crippen LogP contribution is 2.39. The summed E-state index contributed by atoms with van der Waals surface area (Å²) in [5, 5.41) is 0. The molecule has 0 spiro atoms. The fraction of sp³-hybridized carbons (Fsp3) is 0.409. The number of hydrogen-bond donors (Lipinski definition) is 0. The molecule has 1 aliphatic carbocycles. The summed E-state index contributed by atoms with van der Waals surface area (Å²) in [4.78, 5) is 12.3. The zero-order valence-electron chi connectivity index (χ0n) is 16.7. The maximum absolute atomic E-state index is 12.3. The van der Waals surface area contributed by atoms with Crippen LogP contribution in [0.25, 0.3) is 0 Å². The lowest BCUT2D eigenvalue weighted by atomic mass is 9.77. The van der Waals surface area contributed by atoms with Crippen LogP contribution in [0.15, 0.2) is 54.3 Å². The summed E-state index contributed by atoms with van der Waals surface area (Å²) in [6.45, 7) is 5.81. The Balaban J connectivity index is 2.40. The van der Waals surface area contributed by atoms with Gasteiger partial charge in [-0.3, -0.25) is 4.79 Å². The van der Waals surface area contributed by atoms with E-state index in [0.29, 0.717) is 35.7 Å². The van der Waals surface area contributed by atoms with Gasteiger partial charge < -0.3 is 18.9 Å². The van der Waals surface area contributed by atoms with Crippen LogP contribution in [0.4, 0.5) is 0 Å². The summed E-state index contributed by atoms with van der Waals surface area (Å²) >= 11 is 0. The third-order valence-electron chi connectivity index (χ3n) is 5.00. The molecule has 146 valence electrons. The van der Waals surface area contributed by atoms with Crippen LogP contribution in [0.5, 0.6) is 11.5 Å². The number of carbonyl (C=O) groups is 1. The Morgan fingerprint density at radius 3 is 2.37 bits per heavy atom. The Morgan fingerprint density at radius 1 is 1.11 bits per heavy atom. The Morgan fingerprint density at radius 2 is 1.81 bits per heavy atom. The molecule has 2 rings (SSSR count). The lowest BCUT2D eigenvalue weighted by Gasteiger charge is -2.39. The van der Waals surface area contributed by atoms with Gasteiger partial charge in [-0.15, -0.1) is 6.58 Å². The zero-order chi connectivity index (χ0) is 20.0. The van der Waals surface area contributed by atoms with E-state index in [4.69, 9.17) is 18.9 Å². The summed E-state index contributed by atoms with van der Waals surface area (Å²) in [7, 11) is 6.42. The molecule has 0 amide bonds. The second-order valence-electron chi connectivity index (χ2n) is 6.53. The highest BCUT2D eigenvalue weighted by atomic mass is 16.5. The first-order valence-corrected chi connectivity index (χ1v) is 8.84. The van der Waals surface area contributed by atoms with Gasteiger partial charge in [-0.2, -0.15) is 0 Å². The maximum Gasteiger partial charge on any atom is 0.185 e. The van der Waals surface area contributed by atoms with E-state index in [-0.39, 0.29) is 11.7 Å². The van der Waals surface area contributed by atoms with Gasteiger partial charge in [0, 0.05) is 24.7 Å². The quantitative estimate of drug-likeness (QED) is 0.616. The molecule has 0 bridgehead atoms. The number of allylic oxidation sites excluding steroid dienone is 3. The molecule has 1 aliphatic rings. The molecule has 5 heteroatoms. The summed E-state index contributed by atoms with van der Waals surface area (Å²) in [6, 6.07) is 5.84. The van der Waals surface area contributed by atoms with Crippen LogP contribution in [-0.4, -0.2) is 39.8 Å². The van der Waals surface area contributed by atoms with Crippen molar-refractivity contribution in [3.63, 3.8) is 0 Å². The Kier molecular flexibility index (Phi) is 6.86. The van der Waals surface area contributed by atoms with Gasteiger partial charge in [-0.25, -0.2) is 0 Å². The molecule has 5 nitrogen and oxygen atoms in total. The Bertz CT molecular complexity index is 762.